The van der Waals surface area contributed by atoms with Gasteiger partial charge in [-0.1, -0.05) is 12.1 Å². The number of carbonyl (C=O) groups is 1. The summed E-state index contributed by atoms with van der Waals surface area (Å²) in [5.41, 5.74) is 1.50. The second-order valence-electron chi connectivity index (χ2n) is 6.91. The molecule has 0 fully saturated rings. The number of halogens is 2. The summed E-state index contributed by atoms with van der Waals surface area (Å²) in [6.07, 6.45) is 1.05. The average Bonchev–Trinajstić information content (AvgIpc) is 3.02. The minimum atomic E-state index is -1.45. The Morgan fingerprint density at radius 3 is 2.71 bits per heavy atom. The Bertz CT molecular complexity index is 1170. The van der Waals surface area contributed by atoms with E-state index in [0.717, 1.165) is 36.5 Å². The number of benzene rings is 1. The fourth-order valence-corrected chi connectivity index (χ4v) is 3.61. The van der Waals surface area contributed by atoms with Crippen LogP contribution in [-0.2, 0) is 19.6 Å². The van der Waals surface area contributed by atoms with Crippen LogP contribution in [0.5, 0.6) is 0 Å². The van der Waals surface area contributed by atoms with E-state index >= 15 is 0 Å². The molecule has 3 aromatic rings. The molecule has 2 aromatic heterocycles. The van der Waals surface area contributed by atoms with Crippen molar-refractivity contribution in [1.82, 2.24) is 14.5 Å². The summed E-state index contributed by atoms with van der Waals surface area (Å²) in [6.45, 7) is 0.588. The molecule has 4 rings (SSSR count). The summed E-state index contributed by atoms with van der Waals surface area (Å²) in [6, 6.07) is 6.53. The molecule has 3 heterocycles. The van der Waals surface area contributed by atoms with Crippen molar-refractivity contribution in [1.29, 1.82) is 0 Å². The molecule has 0 unspecified atom stereocenters. The number of hydrogen-bond acceptors (Lipinski definition) is 4. The zero-order valence-corrected chi connectivity index (χ0v) is 15.1. The Morgan fingerprint density at radius 2 is 2.00 bits per heavy atom. The molecule has 0 bridgehead atoms. The highest BCUT2D eigenvalue weighted by Crippen LogP contribution is 2.29. The van der Waals surface area contributed by atoms with E-state index in [1.54, 1.807) is 6.07 Å². The zero-order valence-electron chi connectivity index (χ0n) is 15.1. The third kappa shape index (κ3) is 2.95. The molecule has 1 aliphatic rings. The molecule has 0 aliphatic carbocycles. The minimum absolute atomic E-state index is 0.0416. The second kappa shape index (κ2) is 6.79. The first-order valence-corrected chi connectivity index (χ1v) is 8.72. The minimum Gasteiger partial charge on any atom is -0.477 e. The van der Waals surface area contributed by atoms with Gasteiger partial charge in [0.25, 0.3) is 0 Å². The van der Waals surface area contributed by atoms with Crippen LogP contribution in [0.4, 0.5) is 8.78 Å². The van der Waals surface area contributed by atoms with Gasteiger partial charge < -0.3 is 9.67 Å². The molecule has 0 atom stereocenters. The lowest BCUT2D eigenvalue weighted by atomic mass is 10.0. The van der Waals surface area contributed by atoms with Crippen molar-refractivity contribution in [2.75, 3.05) is 13.7 Å². The van der Waals surface area contributed by atoms with Gasteiger partial charge in [0.15, 0.2) is 0 Å². The Balaban J connectivity index is 1.94. The van der Waals surface area contributed by atoms with E-state index in [1.807, 2.05) is 19.2 Å². The summed E-state index contributed by atoms with van der Waals surface area (Å²) in [5, 5.41) is 9.02. The van der Waals surface area contributed by atoms with Crippen LogP contribution in [0.1, 0.15) is 21.5 Å². The number of aromatic nitrogens is 2. The molecule has 0 amide bonds. The van der Waals surface area contributed by atoms with Gasteiger partial charge in [-0.3, -0.25) is 9.69 Å². The van der Waals surface area contributed by atoms with Crippen LogP contribution in [0.3, 0.4) is 0 Å². The molecular weight excluding hydrogens is 368 g/mol. The largest absolute Gasteiger partial charge is 0.477 e. The van der Waals surface area contributed by atoms with Crippen LogP contribution < -0.4 is 5.43 Å². The first kappa shape index (κ1) is 18.2. The number of carboxylic acids is 1. The van der Waals surface area contributed by atoms with Crippen LogP contribution in [0, 0.1) is 5.82 Å². The molecule has 6 nitrogen and oxygen atoms in total. The van der Waals surface area contributed by atoms with Crippen molar-refractivity contribution >= 4 is 17.0 Å². The smallest absolute Gasteiger partial charge is 0.341 e. The van der Waals surface area contributed by atoms with E-state index in [4.69, 9.17) is 0 Å². The zero-order chi connectivity index (χ0) is 20.0. The van der Waals surface area contributed by atoms with Crippen LogP contribution in [-0.4, -0.2) is 39.2 Å². The summed E-state index contributed by atoms with van der Waals surface area (Å²) in [7, 11) is 1.99. The molecule has 0 spiro atoms. The SMILES string of the molecule is CN1Cc2ccc(-c3nc4c(cc3F)c(=O)c(C(=O)O)cn4CCF)cc2C1. The number of aromatic carboxylic acids is 1. The Kier molecular flexibility index (Phi) is 4.43. The maximum atomic E-state index is 14.8. The number of fused-ring (bicyclic) bond motifs is 2. The predicted octanol–water partition coefficient (Wildman–Crippen LogP) is 2.82. The van der Waals surface area contributed by atoms with Gasteiger partial charge in [-0.2, -0.15) is 0 Å². The number of aryl methyl sites for hydroxylation is 1. The average molecular weight is 385 g/mol. The molecule has 144 valence electrons. The van der Waals surface area contributed by atoms with Gasteiger partial charge in [-0.25, -0.2) is 18.6 Å². The monoisotopic (exact) mass is 385 g/mol. The van der Waals surface area contributed by atoms with Gasteiger partial charge in [0.1, 0.15) is 29.4 Å². The number of hydrogen-bond donors (Lipinski definition) is 1. The first-order valence-electron chi connectivity index (χ1n) is 8.72. The molecule has 1 N–H and O–H groups in total. The molecule has 8 heteroatoms. The third-order valence-electron chi connectivity index (χ3n) is 4.92. The first-order chi connectivity index (χ1) is 13.4. The number of nitrogens with zero attached hydrogens (tertiary/aromatic N) is 3. The van der Waals surface area contributed by atoms with E-state index in [1.165, 1.54) is 4.57 Å². The van der Waals surface area contributed by atoms with E-state index in [0.29, 0.717) is 5.56 Å². The van der Waals surface area contributed by atoms with Crippen molar-refractivity contribution in [2.45, 2.75) is 19.6 Å². The molecule has 0 radical (unpaired) electrons. The Labute approximate surface area is 158 Å². The highest BCUT2D eigenvalue weighted by Gasteiger charge is 2.21. The fraction of sp³-hybridized carbons (Fsp3) is 0.250. The van der Waals surface area contributed by atoms with Gasteiger partial charge >= 0.3 is 5.97 Å². The summed E-state index contributed by atoms with van der Waals surface area (Å²) < 4.78 is 29.0. The van der Waals surface area contributed by atoms with Crippen LogP contribution in [0.15, 0.2) is 35.3 Å². The maximum absolute atomic E-state index is 14.8. The van der Waals surface area contributed by atoms with Crippen LogP contribution in [0.25, 0.3) is 22.3 Å². The quantitative estimate of drug-likeness (QED) is 0.748. The highest BCUT2D eigenvalue weighted by atomic mass is 19.1. The molecular formula is C20H17F2N3O3. The van der Waals surface area contributed by atoms with E-state index in [-0.39, 0.29) is 23.3 Å². The van der Waals surface area contributed by atoms with Gasteiger partial charge in [0.2, 0.25) is 5.43 Å². The summed E-state index contributed by atoms with van der Waals surface area (Å²) in [4.78, 5) is 30.1. The van der Waals surface area contributed by atoms with Crippen molar-refractivity contribution in [3.05, 3.63) is 63.2 Å². The summed E-state index contributed by atoms with van der Waals surface area (Å²) >= 11 is 0. The number of pyridine rings is 2. The van der Waals surface area contributed by atoms with Gasteiger partial charge in [-0.15, -0.1) is 0 Å². The van der Waals surface area contributed by atoms with E-state index in [2.05, 4.69) is 9.88 Å². The number of alkyl halides is 1. The lowest BCUT2D eigenvalue weighted by Crippen LogP contribution is -2.20. The number of carboxylic acid groups (broad SMARTS) is 1. The lowest BCUT2D eigenvalue weighted by molar-refractivity contribution is 0.0694. The predicted molar refractivity (Wildman–Crippen MR) is 99.5 cm³/mol. The molecule has 0 saturated heterocycles. The van der Waals surface area contributed by atoms with Crippen LogP contribution >= 0.6 is 0 Å². The maximum Gasteiger partial charge on any atom is 0.341 e. The third-order valence-corrected chi connectivity index (χ3v) is 4.92. The normalized spacial score (nSPS) is 13.8. The van der Waals surface area contributed by atoms with Crippen molar-refractivity contribution in [3.63, 3.8) is 0 Å². The van der Waals surface area contributed by atoms with Crippen LogP contribution in [0.2, 0.25) is 0 Å². The molecule has 1 aliphatic heterocycles. The number of rotatable bonds is 4. The van der Waals surface area contributed by atoms with E-state index in [9.17, 15) is 23.5 Å². The summed E-state index contributed by atoms with van der Waals surface area (Å²) in [5.74, 6) is -2.18. The highest BCUT2D eigenvalue weighted by molar-refractivity contribution is 5.92. The molecule has 0 saturated carbocycles. The van der Waals surface area contributed by atoms with Gasteiger partial charge in [0.05, 0.1) is 11.9 Å². The topological polar surface area (TPSA) is 75.4 Å². The van der Waals surface area contributed by atoms with E-state index < -0.39 is 29.5 Å². The van der Waals surface area contributed by atoms with Gasteiger partial charge in [-0.05, 0) is 30.3 Å². The standard InChI is InChI=1S/C20H17F2N3O3/c1-24-8-12-3-2-11(6-13(12)9-24)17-16(22)7-14-18(26)15(20(27)28)10-25(5-4-21)19(14)23-17/h2-3,6-7,10H,4-5,8-9H2,1H3,(H,27,28). The molecule has 1 aromatic carbocycles. The fourth-order valence-electron chi connectivity index (χ4n) is 3.61. The van der Waals surface area contributed by atoms with Crippen molar-refractivity contribution in [3.8, 4) is 11.3 Å². The van der Waals surface area contributed by atoms with Gasteiger partial charge in [0, 0.05) is 24.8 Å². The van der Waals surface area contributed by atoms with Crippen molar-refractivity contribution in [2.24, 2.45) is 0 Å². The Hall–Kier alpha value is -3.13. The molecule has 28 heavy (non-hydrogen) atoms. The second-order valence-corrected chi connectivity index (χ2v) is 6.91. The Morgan fingerprint density at radius 1 is 1.25 bits per heavy atom. The lowest BCUT2D eigenvalue weighted by Gasteiger charge is -2.12. The van der Waals surface area contributed by atoms with Crippen molar-refractivity contribution < 1.29 is 18.7 Å².